The molecule has 0 aromatic carbocycles. The molecule has 0 N–H and O–H groups in total. The summed E-state index contributed by atoms with van der Waals surface area (Å²) in [4.78, 5) is 0. The van der Waals surface area contributed by atoms with Crippen LogP contribution in [-0.2, 0) is 0 Å². The third-order valence-electron chi connectivity index (χ3n) is 1.53. The summed E-state index contributed by atoms with van der Waals surface area (Å²) in [7, 11) is 0. The SMILES string of the molecule is F.IC1CCCCC1. The van der Waals surface area contributed by atoms with Crippen LogP contribution in [0.1, 0.15) is 32.1 Å². The lowest BCUT2D eigenvalue weighted by Crippen LogP contribution is -2.02. The Hall–Kier alpha value is 0.660. The summed E-state index contributed by atoms with van der Waals surface area (Å²) >= 11 is 2.56. The van der Waals surface area contributed by atoms with Crippen LogP contribution >= 0.6 is 22.6 Å². The highest BCUT2D eigenvalue weighted by Gasteiger charge is 2.07. The quantitative estimate of drug-likeness (QED) is 0.443. The van der Waals surface area contributed by atoms with Gasteiger partial charge in [0.2, 0.25) is 0 Å². The van der Waals surface area contributed by atoms with Gasteiger partial charge in [-0.25, -0.2) is 0 Å². The molecular formula is C6H12FI. The smallest absolute Gasteiger partial charge is 0.0110 e. The third kappa shape index (κ3) is 2.84. The summed E-state index contributed by atoms with van der Waals surface area (Å²) in [6.45, 7) is 0. The van der Waals surface area contributed by atoms with E-state index in [0.717, 1.165) is 3.92 Å². The Bertz CT molecular complexity index is 50.5. The molecule has 0 nitrogen and oxygen atoms in total. The fraction of sp³-hybridized carbons (Fsp3) is 1.00. The monoisotopic (exact) mass is 230 g/mol. The predicted octanol–water partition coefficient (Wildman–Crippen LogP) is 2.91. The van der Waals surface area contributed by atoms with Crippen molar-refractivity contribution in [3.63, 3.8) is 0 Å². The van der Waals surface area contributed by atoms with E-state index in [-0.39, 0.29) is 4.70 Å². The number of alkyl halides is 1. The maximum absolute atomic E-state index is 2.56. The molecule has 8 heavy (non-hydrogen) atoms. The third-order valence-corrected chi connectivity index (χ3v) is 2.78. The minimum absolute atomic E-state index is 0. The molecule has 2 heteroatoms. The van der Waals surface area contributed by atoms with Gasteiger partial charge < -0.3 is 0 Å². The van der Waals surface area contributed by atoms with Crippen LogP contribution in [0.4, 0.5) is 4.70 Å². The van der Waals surface area contributed by atoms with Gasteiger partial charge in [-0.1, -0.05) is 41.9 Å². The Kier molecular flexibility index (Phi) is 4.90. The van der Waals surface area contributed by atoms with E-state index in [2.05, 4.69) is 22.6 Å². The summed E-state index contributed by atoms with van der Waals surface area (Å²) in [5.41, 5.74) is 0. The molecule has 0 radical (unpaired) electrons. The second-order valence-electron chi connectivity index (χ2n) is 2.24. The average Bonchev–Trinajstić information content (AvgIpc) is 1.69. The van der Waals surface area contributed by atoms with Gasteiger partial charge in [-0.3, -0.25) is 4.70 Å². The van der Waals surface area contributed by atoms with E-state index in [4.69, 9.17) is 0 Å². The van der Waals surface area contributed by atoms with Crippen molar-refractivity contribution in [2.45, 2.75) is 36.0 Å². The Morgan fingerprint density at radius 1 is 1.00 bits per heavy atom. The van der Waals surface area contributed by atoms with E-state index >= 15 is 0 Å². The number of hydrogen-bond donors (Lipinski definition) is 0. The second kappa shape index (κ2) is 4.53. The van der Waals surface area contributed by atoms with E-state index in [1.54, 1.807) is 0 Å². The molecule has 0 atom stereocenters. The lowest BCUT2D eigenvalue weighted by Gasteiger charge is -2.13. The molecule has 1 fully saturated rings. The maximum Gasteiger partial charge on any atom is 0.0110 e. The number of halogens is 2. The standard InChI is InChI=1S/C6H11I.FH/c7-6-4-2-1-3-5-6;/h6H,1-5H2;1H. The zero-order valence-electron chi connectivity index (χ0n) is 4.90. The van der Waals surface area contributed by atoms with Crippen LogP contribution in [0.25, 0.3) is 0 Å². The first-order valence-corrected chi connectivity index (χ1v) is 4.28. The van der Waals surface area contributed by atoms with Crippen molar-refractivity contribution in [1.29, 1.82) is 0 Å². The fourth-order valence-corrected chi connectivity index (χ4v) is 1.93. The van der Waals surface area contributed by atoms with Gasteiger partial charge in [-0.15, -0.1) is 0 Å². The van der Waals surface area contributed by atoms with Crippen molar-refractivity contribution in [1.82, 2.24) is 0 Å². The Morgan fingerprint density at radius 2 is 1.50 bits per heavy atom. The molecule has 0 bridgehead atoms. The van der Waals surface area contributed by atoms with Gasteiger partial charge in [0.25, 0.3) is 0 Å². The average molecular weight is 230 g/mol. The molecule has 0 aromatic rings. The van der Waals surface area contributed by atoms with Crippen LogP contribution in [0.2, 0.25) is 0 Å². The Morgan fingerprint density at radius 3 is 1.75 bits per heavy atom. The molecular weight excluding hydrogens is 218 g/mol. The molecule has 0 unspecified atom stereocenters. The molecule has 1 rings (SSSR count). The van der Waals surface area contributed by atoms with Crippen molar-refractivity contribution in [2.24, 2.45) is 0 Å². The first kappa shape index (κ1) is 8.66. The van der Waals surface area contributed by atoms with Crippen LogP contribution in [-0.4, -0.2) is 3.92 Å². The van der Waals surface area contributed by atoms with Gasteiger partial charge in [0.1, 0.15) is 0 Å². The fourth-order valence-electron chi connectivity index (χ4n) is 1.05. The molecule has 1 aliphatic rings. The first-order chi connectivity index (χ1) is 3.39. The summed E-state index contributed by atoms with van der Waals surface area (Å²) in [5, 5.41) is 0. The van der Waals surface area contributed by atoms with Crippen LogP contribution in [0.15, 0.2) is 0 Å². The lowest BCUT2D eigenvalue weighted by molar-refractivity contribution is 0.528. The Balaban J connectivity index is 0.000000490. The van der Waals surface area contributed by atoms with Crippen molar-refractivity contribution in [3.05, 3.63) is 0 Å². The molecule has 0 heterocycles. The van der Waals surface area contributed by atoms with Crippen molar-refractivity contribution in [3.8, 4) is 0 Å². The van der Waals surface area contributed by atoms with Crippen LogP contribution in [0.3, 0.4) is 0 Å². The molecule has 50 valence electrons. The zero-order chi connectivity index (χ0) is 5.11. The minimum Gasteiger partial charge on any atom is -0.269 e. The van der Waals surface area contributed by atoms with Crippen molar-refractivity contribution >= 4 is 22.6 Å². The summed E-state index contributed by atoms with van der Waals surface area (Å²) in [6.07, 6.45) is 7.39. The minimum atomic E-state index is 0. The van der Waals surface area contributed by atoms with E-state index in [1.807, 2.05) is 0 Å². The highest BCUT2D eigenvalue weighted by molar-refractivity contribution is 14.1. The Labute approximate surface area is 63.5 Å². The normalized spacial score (nSPS) is 22.1. The predicted molar refractivity (Wildman–Crippen MR) is 43.4 cm³/mol. The highest BCUT2D eigenvalue weighted by atomic mass is 127. The molecule has 1 saturated carbocycles. The van der Waals surface area contributed by atoms with Crippen LogP contribution in [0, 0.1) is 0 Å². The number of rotatable bonds is 0. The van der Waals surface area contributed by atoms with Gasteiger partial charge in [-0.2, -0.15) is 0 Å². The van der Waals surface area contributed by atoms with Gasteiger partial charge >= 0.3 is 0 Å². The van der Waals surface area contributed by atoms with Gasteiger partial charge in [0.05, 0.1) is 0 Å². The summed E-state index contributed by atoms with van der Waals surface area (Å²) in [6, 6.07) is 0. The maximum atomic E-state index is 2.56. The second-order valence-corrected chi connectivity index (χ2v) is 4.00. The highest BCUT2D eigenvalue weighted by Crippen LogP contribution is 2.23. The summed E-state index contributed by atoms with van der Waals surface area (Å²) < 4.78 is 1.01. The lowest BCUT2D eigenvalue weighted by atomic mass is 10.0. The molecule has 0 aliphatic heterocycles. The molecule has 0 amide bonds. The first-order valence-electron chi connectivity index (χ1n) is 3.03. The van der Waals surface area contributed by atoms with E-state index in [1.165, 1.54) is 32.1 Å². The zero-order valence-corrected chi connectivity index (χ0v) is 7.06. The van der Waals surface area contributed by atoms with Crippen molar-refractivity contribution < 1.29 is 4.70 Å². The topological polar surface area (TPSA) is 0 Å². The number of hydrogen-bond acceptors (Lipinski definition) is 0. The van der Waals surface area contributed by atoms with E-state index in [9.17, 15) is 0 Å². The van der Waals surface area contributed by atoms with E-state index < -0.39 is 0 Å². The van der Waals surface area contributed by atoms with Gasteiger partial charge in [0, 0.05) is 3.92 Å². The van der Waals surface area contributed by atoms with Crippen molar-refractivity contribution in [2.75, 3.05) is 0 Å². The van der Waals surface area contributed by atoms with E-state index in [0.29, 0.717) is 0 Å². The van der Waals surface area contributed by atoms with Gasteiger partial charge in [-0.05, 0) is 12.8 Å². The van der Waals surface area contributed by atoms with Gasteiger partial charge in [0.15, 0.2) is 0 Å². The summed E-state index contributed by atoms with van der Waals surface area (Å²) in [5.74, 6) is 0. The molecule has 1 aliphatic carbocycles. The molecule has 0 saturated heterocycles. The largest absolute Gasteiger partial charge is 0.269 e. The van der Waals surface area contributed by atoms with Crippen LogP contribution in [0.5, 0.6) is 0 Å². The molecule has 0 aromatic heterocycles. The molecule has 0 spiro atoms. The van der Waals surface area contributed by atoms with Crippen LogP contribution < -0.4 is 0 Å².